The first kappa shape index (κ1) is 16.5. The second kappa shape index (κ2) is 6.62. The van der Waals surface area contributed by atoms with Gasteiger partial charge < -0.3 is 10.0 Å². The van der Waals surface area contributed by atoms with Crippen LogP contribution in [0.4, 0.5) is 5.69 Å². The number of benzene rings is 2. The van der Waals surface area contributed by atoms with Crippen LogP contribution in [0, 0.1) is 0 Å². The van der Waals surface area contributed by atoms with Crippen molar-refractivity contribution in [2.24, 2.45) is 0 Å². The Balaban J connectivity index is 1.72. The topological polar surface area (TPSA) is 77.9 Å². The molecule has 0 bridgehead atoms. The highest BCUT2D eigenvalue weighted by molar-refractivity contribution is 7.89. The van der Waals surface area contributed by atoms with Gasteiger partial charge in [0.15, 0.2) is 0 Å². The van der Waals surface area contributed by atoms with E-state index in [1.54, 1.807) is 0 Å². The van der Waals surface area contributed by atoms with Crippen molar-refractivity contribution in [2.45, 2.75) is 4.90 Å². The second-order valence-corrected chi connectivity index (χ2v) is 7.49. The molecule has 3 rings (SSSR count). The lowest BCUT2D eigenvalue weighted by Crippen LogP contribution is -2.48. The Labute approximate surface area is 141 Å². The third-order valence-corrected chi connectivity index (χ3v) is 6.01. The zero-order valence-electron chi connectivity index (χ0n) is 13.0. The number of carboxylic acid groups (broad SMARTS) is 1. The van der Waals surface area contributed by atoms with Gasteiger partial charge in [-0.25, -0.2) is 13.2 Å². The van der Waals surface area contributed by atoms with E-state index in [1.807, 2.05) is 30.3 Å². The van der Waals surface area contributed by atoms with Gasteiger partial charge in [-0.1, -0.05) is 18.2 Å². The van der Waals surface area contributed by atoms with E-state index in [0.29, 0.717) is 26.2 Å². The number of rotatable bonds is 4. The predicted octanol–water partition coefficient (Wildman–Crippen LogP) is 1.90. The summed E-state index contributed by atoms with van der Waals surface area (Å²) in [4.78, 5) is 13.1. The van der Waals surface area contributed by atoms with Gasteiger partial charge in [-0.2, -0.15) is 4.31 Å². The van der Waals surface area contributed by atoms with Crippen LogP contribution in [0.5, 0.6) is 0 Å². The number of hydrogen-bond acceptors (Lipinski definition) is 4. The molecule has 0 radical (unpaired) electrons. The maximum absolute atomic E-state index is 12.7. The smallest absolute Gasteiger partial charge is 0.335 e. The zero-order valence-corrected chi connectivity index (χ0v) is 13.8. The summed E-state index contributed by atoms with van der Waals surface area (Å²) in [5.41, 5.74) is 1.16. The van der Waals surface area contributed by atoms with E-state index in [-0.39, 0.29) is 10.5 Å². The fourth-order valence-electron chi connectivity index (χ4n) is 2.74. The average Bonchev–Trinajstić information content (AvgIpc) is 2.62. The second-order valence-electron chi connectivity index (χ2n) is 5.56. The number of piperazine rings is 1. The van der Waals surface area contributed by atoms with Crippen LogP contribution in [0.1, 0.15) is 10.4 Å². The van der Waals surface area contributed by atoms with Crippen LogP contribution in [0.15, 0.2) is 59.5 Å². The number of para-hydroxylation sites is 1. The third-order valence-electron chi connectivity index (χ3n) is 4.10. The molecule has 0 amide bonds. The van der Waals surface area contributed by atoms with Gasteiger partial charge in [0, 0.05) is 31.9 Å². The van der Waals surface area contributed by atoms with Crippen molar-refractivity contribution in [1.82, 2.24) is 4.31 Å². The Hall–Kier alpha value is -2.38. The maximum atomic E-state index is 12.7. The Bertz CT molecular complexity index is 811. The predicted molar refractivity (Wildman–Crippen MR) is 90.8 cm³/mol. The Kier molecular flexibility index (Phi) is 4.55. The molecule has 1 aliphatic rings. The van der Waals surface area contributed by atoms with Crippen LogP contribution >= 0.6 is 0 Å². The first-order valence-electron chi connectivity index (χ1n) is 7.62. The standard InChI is InChI=1S/C17H18N2O4S/c20-17(21)14-6-8-16(9-7-14)24(22,23)19-12-10-18(11-13-19)15-4-2-1-3-5-15/h1-9H,10-13H2,(H,20,21). The molecule has 0 saturated carbocycles. The summed E-state index contributed by atoms with van der Waals surface area (Å²) >= 11 is 0. The van der Waals surface area contributed by atoms with Crippen molar-refractivity contribution in [3.8, 4) is 0 Å². The monoisotopic (exact) mass is 346 g/mol. The number of sulfonamides is 1. The molecular formula is C17H18N2O4S. The summed E-state index contributed by atoms with van der Waals surface area (Å²) in [7, 11) is -3.60. The quantitative estimate of drug-likeness (QED) is 0.915. The molecule has 24 heavy (non-hydrogen) atoms. The highest BCUT2D eigenvalue weighted by atomic mass is 32.2. The van der Waals surface area contributed by atoms with Gasteiger partial charge in [0.1, 0.15) is 0 Å². The van der Waals surface area contributed by atoms with Crippen molar-refractivity contribution in [2.75, 3.05) is 31.1 Å². The number of anilines is 1. The van der Waals surface area contributed by atoms with Crippen molar-refractivity contribution in [1.29, 1.82) is 0 Å². The minimum Gasteiger partial charge on any atom is -0.478 e. The molecule has 2 aromatic carbocycles. The summed E-state index contributed by atoms with van der Waals surface area (Å²) in [6.07, 6.45) is 0. The van der Waals surface area contributed by atoms with E-state index in [2.05, 4.69) is 4.90 Å². The number of carbonyl (C=O) groups is 1. The van der Waals surface area contributed by atoms with Gasteiger partial charge in [-0.05, 0) is 36.4 Å². The van der Waals surface area contributed by atoms with Gasteiger partial charge in [0.25, 0.3) is 0 Å². The van der Waals surface area contributed by atoms with E-state index >= 15 is 0 Å². The lowest BCUT2D eigenvalue weighted by molar-refractivity contribution is 0.0696. The van der Waals surface area contributed by atoms with E-state index in [9.17, 15) is 13.2 Å². The van der Waals surface area contributed by atoms with Crippen molar-refractivity contribution in [3.63, 3.8) is 0 Å². The van der Waals surface area contributed by atoms with Gasteiger partial charge in [-0.15, -0.1) is 0 Å². The van der Waals surface area contributed by atoms with E-state index < -0.39 is 16.0 Å². The number of nitrogens with zero attached hydrogens (tertiary/aromatic N) is 2. The van der Waals surface area contributed by atoms with Crippen molar-refractivity contribution in [3.05, 3.63) is 60.2 Å². The minimum absolute atomic E-state index is 0.0721. The Morgan fingerprint density at radius 2 is 1.46 bits per heavy atom. The summed E-state index contributed by atoms with van der Waals surface area (Å²) in [6, 6.07) is 15.2. The van der Waals surface area contributed by atoms with E-state index in [4.69, 9.17) is 5.11 Å². The highest BCUT2D eigenvalue weighted by Gasteiger charge is 2.28. The molecule has 1 fully saturated rings. The van der Waals surface area contributed by atoms with Gasteiger partial charge in [0.2, 0.25) is 10.0 Å². The van der Waals surface area contributed by atoms with Crippen molar-refractivity contribution >= 4 is 21.7 Å². The largest absolute Gasteiger partial charge is 0.478 e. The molecule has 1 saturated heterocycles. The molecule has 0 unspecified atom stereocenters. The van der Waals surface area contributed by atoms with E-state index in [1.165, 1.54) is 28.6 Å². The fraction of sp³-hybridized carbons (Fsp3) is 0.235. The van der Waals surface area contributed by atoms with Crippen LogP contribution in [0.2, 0.25) is 0 Å². The Morgan fingerprint density at radius 1 is 0.875 bits per heavy atom. The lowest BCUT2D eigenvalue weighted by atomic mass is 10.2. The molecule has 0 atom stereocenters. The fourth-order valence-corrected chi connectivity index (χ4v) is 4.17. The average molecular weight is 346 g/mol. The molecule has 6 nitrogen and oxygen atoms in total. The van der Waals surface area contributed by atoms with Crippen LogP contribution in [0.25, 0.3) is 0 Å². The molecule has 0 aromatic heterocycles. The normalized spacial score (nSPS) is 16.1. The number of carboxylic acids is 1. The van der Waals surface area contributed by atoms with Gasteiger partial charge in [0.05, 0.1) is 10.5 Å². The zero-order chi connectivity index (χ0) is 17.2. The van der Waals surface area contributed by atoms with Crippen LogP contribution in [-0.2, 0) is 10.0 Å². The molecule has 1 aliphatic heterocycles. The summed E-state index contributed by atoms with van der Waals surface area (Å²) in [6.45, 7) is 2.04. The third kappa shape index (κ3) is 3.27. The van der Waals surface area contributed by atoms with Crippen LogP contribution < -0.4 is 4.90 Å². The highest BCUT2D eigenvalue weighted by Crippen LogP contribution is 2.21. The number of aromatic carboxylic acids is 1. The molecule has 1 N–H and O–H groups in total. The molecule has 0 spiro atoms. The maximum Gasteiger partial charge on any atom is 0.335 e. The first-order valence-corrected chi connectivity index (χ1v) is 9.06. The SMILES string of the molecule is O=C(O)c1ccc(S(=O)(=O)N2CCN(c3ccccc3)CC2)cc1. The molecular weight excluding hydrogens is 328 g/mol. The van der Waals surface area contributed by atoms with E-state index in [0.717, 1.165) is 5.69 Å². The molecule has 7 heteroatoms. The summed E-state index contributed by atoms with van der Waals surface area (Å²) in [5.74, 6) is -1.07. The van der Waals surface area contributed by atoms with Gasteiger partial charge >= 0.3 is 5.97 Å². The molecule has 2 aromatic rings. The summed E-state index contributed by atoms with van der Waals surface area (Å²) in [5, 5.41) is 8.90. The summed E-state index contributed by atoms with van der Waals surface area (Å²) < 4.78 is 26.8. The minimum atomic E-state index is -3.60. The van der Waals surface area contributed by atoms with Gasteiger partial charge in [-0.3, -0.25) is 0 Å². The first-order chi connectivity index (χ1) is 11.5. The molecule has 0 aliphatic carbocycles. The molecule has 126 valence electrons. The Morgan fingerprint density at radius 3 is 2.00 bits per heavy atom. The number of hydrogen-bond donors (Lipinski definition) is 1. The van der Waals surface area contributed by atoms with Crippen molar-refractivity contribution < 1.29 is 18.3 Å². The lowest BCUT2D eigenvalue weighted by Gasteiger charge is -2.35. The molecule has 1 heterocycles. The van der Waals surface area contributed by atoms with Crippen LogP contribution in [0.3, 0.4) is 0 Å². The van der Waals surface area contributed by atoms with Crippen LogP contribution in [-0.4, -0.2) is 50.0 Å².